The molecule has 1 N–H and O–H groups in total. The molecular formula is C15H21N3S2. The molecule has 2 aromatic rings. The third kappa shape index (κ3) is 5.23. The van der Waals surface area contributed by atoms with Crippen LogP contribution in [-0.2, 0) is 6.54 Å². The maximum atomic E-state index is 4.62. The number of thioether (sulfide) groups is 1. The largest absolute Gasteiger partial charge is 0.311 e. The third-order valence-corrected chi connectivity index (χ3v) is 4.55. The zero-order chi connectivity index (χ0) is 14.0. The number of pyridine rings is 1. The second-order valence-electron chi connectivity index (χ2n) is 4.59. The highest BCUT2D eigenvalue weighted by Crippen LogP contribution is 2.21. The van der Waals surface area contributed by atoms with Gasteiger partial charge in [-0.05, 0) is 43.5 Å². The SMILES string of the molecule is CSCCCCCNCc1csc(-c2ccccn2)n1. The summed E-state index contributed by atoms with van der Waals surface area (Å²) in [5.41, 5.74) is 2.07. The molecule has 0 aliphatic rings. The van der Waals surface area contributed by atoms with Gasteiger partial charge in [-0.3, -0.25) is 4.98 Å². The average Bonchev–Trinajstić information content (AvgIpc) is 2.96. The normalized spacial score (nSPS) is 10.8. The van der Waals surface area contributed by atoms with E-state index in [1.165, 1.54) is 25.0 Å². The van der Waals surface area contributed by atoms with Crippen molar-refractivity contribution in [2.45, 2.75) is 25.8 Å². The van der Waals surface area contributed by atoms with Crippen LogP contribution >= 0.6 is 23.1 Å². The van der Waals surface area contributed by atoms with Crippen molar-refractivity contribution in [1.82, 2.24) is 15.3 Å². The summed E-state index contributed by atoms with van der Waals surface area (Å²) in [5, 5.41) is 6.58. The summed E-state index contributed by atoms with van der Waals surface area (Å²) < 4.78 is 0. The van der Waals surface area contributed by atoms with Crippen LogP contribution in [0.25, 0.3) is 10.7 Å². The van der Waals surface area contributed by atoms with E-state index in [9.17, 15) is 0 Å². The fourth-order valence-corrected chi connectivity index (χ4v) is 3.17. The summed E-state index contributed by atoms with van der Waals surface area (Å²) in [4.78, 5) is 8.94. The van der Waals surface area contributed by atoms with Crippen molar-refractivity contribution < 1.29 is 0 Å². The minimum atomic E-state index is 0.853. The van der Waals surface area contributed by atoms with Crippen molar-refractivity contribution in [2.75, 3.05) is 18.6 Å². The molecule has 0 aliphatic carbocycles. The van der Waals surface area contributed by atoms with Gasteiger partial charge >= 0.3 is 0 Å². The Morgan fingerprint density at radius 3 is 3.00 bits per heavy atom. The lowest BCUT2D eigenvalue weighted by Crippen LogP contribution is -2.14. The fraction of sp³-hybridized carbons (Fsp3) is 0.467. The first-order chi connectivity index (χ1) is 9.90. The lowest BCUT2D eigenvalue weighted by molar-refractivity contribution is 0.614. The Kier molecular flexibility index (Phi) is 7.05. The molecule has 2 heterocycles. The Morgan fingerprint density at radius 2 is 2.20 bits per heavy atom. The number of hydrogen-bond donors (Lipinski definition) is 1. The molecule has 0 spiro atoms. The molecule has 0 radical (unpaired) electrons. The second kappa shape index (κ2) is 9.10. The Hall–Kier alpha value is -0.910. The topological polar surface area (TPSA) is 37.8 Å². The smallest absolute Gasteiger partial charge is 0.142 e. The van der Waals surface area contributed by atoms with Gasteiger partial charge in [0.2, 0.25) is 0 Å². The molecule has 0 amide bonds. The van der Waals surface area contributed by atoms with E-state index in [-0.39, 0.29) is 0 Å². The summed E-state index contributed by atoms with van der Waals surface area (Å²) in [7, 11) is 0. The van der Waals surface area contributed by atoms with Crippen molar-refractivity contribution in [3.05, 3.63) is 35.5 Å². The number of unbranched alkanes of at least 4 members (excludes halogenated alkanes) is 2. The molecule has 3 nitrogen and oxygen atoms in total. The highest BCUT2D eigenvalue weighted by Gasteiger charge is 2.04. The quantitative estimate of drug-likeness (QED) is 0.715. The standard InChI is InChI=1S/C15H21N3S2/c1-19-10-6-2-4-8-16-11-13-12-20-15(18-13)14-7-3-5-9-17-14/h3,5,7,9,12,16H,2,4,6,8,10-11H2,1H3. The van der Waals surface area contributed by atoms with E-state index in [0.717, 1.165) is 29.5 Å². The molecular weight excluding hydrogens is 286 g/mol. The number of nitrogens with zero attached hydrogens (tertiary/aromatic N) is 2. The van der Waals surface area contributed by atoms with Crippen LogP contribution in [0, 0.1) is 0 Å². The number of hydrogen-bond acceptors (Lipinski definition) is 5. The van der Waals surface area contributed by atoms with Crippen LogP contribution < -0.4 is 5.32 Å². The predicted molar refractivity (Wildman–Crippen MR) is 89.3 cm³/mol. The second-order valence-corrected chi connectivity index (χ2v) is 6.43. The molecule has 0 aliphatic heterocycles. The van der Waals surface area contributed by atoms with E-state index < -0.39 is 0 Å². The van der Waals surface area contributed by atoms with Gasteiger partial charge in [-0.1, -0.05) is 12.5 Å². The van der Waals surface area contributed by atoms with E-state index in [4.69, 9.17) is 0 Å². The van der Waals surface area contributed by atoms with Crippen LogP contribution in [0.1, 0.15) is 25.0 Å². The van der Waals surface area contributed by atoms with Crippen LogP contribution in [0.5, 0.6) is 0 Å². The van der Waals surface area contributed by atoms with Gasteiger partial charge < -0.3 is 5.32 Å². The Labute approximate surface area is 129 Å². The zero-order valence-corrected chi connectivity index (χ0v) is 13.5. The van der Waals surface area contributed by atoms with Crippen molar-refractivity contribution in [3.63, 3.8) is 0 Å². The number of aromatic nitrogens is 2. The molecule has 0 bridgehead atoms. The van der Waals surface area contributed by atoms with E-state index in [1.807, 2.05) is 36.2 Å². The maximum Gasteiger partial charge on any atom is 0.142 e. The van der Waals surface area contributed by atoms with Gasteiger partial charge in [-0.2, -0.15) is 11.8 Å². The summed E-state index contributed by atoms with van der Waals surface area (Å²) >= 11 is 3.59. The summed E-state index contributed by atoms with van der Waals surface area (Å²) in [6.07, 6.45) is 7.86. The average molecular weight is 307 g/mol. The fourth-order valence-electron chi connectivity index (χ4n) is 1.88. The van der Waals surface area contributed by atoms with Crippen LogP contribution in [-0.4, -0.2) is 28.5 Å². The Bertz CT molecular complexity index is 485. The van der Waals surface area contributed by atoms with Gasteiger partial charge in [0.05, 0.1) is 11.4 Å². The van der Waals surface area contributed by atoms with E-state index in [2.05, 4.69) is 26.9 Å². The van der Waals surface area contributed by atoms with Crippen molar-refractivity contribution in [2.24, 2.45) is 0 Å². The van der Waals surface area contributed by atoms with Gasteiger partial charge in [-0.15, -0.1) is 11.3 Å². The first kappa shape index (κ1) is 15.5. The Morgan fingerprint density at radius 1 is 1.25 bits per heavy atom. The molecule has 0 atom stereocenters. The Balaban J connectivity index is 1.69. The van der Waals surface area contributed by atoms with E-state index in [1.54, 1.807) is 11.3 Å². The van der Waals surface area contributed by atoms with E-state index in [0.29, 0.717) is 0 Å². The number of rotatable bonds is 9. The molecule has 2 aromatic heterocycles. The first-order valence-corrected chi connectivity index (χ1v) is 9.23. The van der Waals surface area contributed by atoms with Crippen LogP contribution in [0.15, 0.2) is 29.8 Å². The third-order valence-electron chi connectivity index (χ3n) is 2.94. The van der Waals surface area contributed by atoms with Gasteiger partial charge in [0.25, 0.3) is 0 Å². The highest BCUT2D eigenvalue weighted by atomic mass is 32.2. The lowest BCUT2D eigenvalue weighted by Gasteiger charge is -2.02. The minimum absolute atomic E-state index is 0.853. The zero-order valence-electron chi connectivity index (χ0n) is 11.8. The lowest BCUT2D eigenvalue weighted by atomic mass is 10.2. The van der Waals surface area contributed by atoms with Crippen LogP contribution in [0.2, 0.25) is 0 Å². The highest BCUT2D eigenvalue weighted by molar-refractivity contribution is 7.98. The number of nitrogens with one attached hydrogen (secondary N) is 1. The molecule has 108 valence electrons. The van der Waals surface area contributed by atoms with Crippen molar-refractivity contribution in [1.29, 1.82) is 0 Å². The number of thiazole rings is 1. The monoisotopic (exact) mass is 307 g/mol. The summed E-state index contributed by atoms with van der Waals surface area (Å²) in [6.45, 7) is 1.93. The van der Waals surface area contributed by atoms with Crippen LogP contribution in [0.3, 0.4) is 0 Å². The van der Waals surface area contributed by atoms with E-state index >= 15 is 0 Å². The molecule has 20 heavy (non-hydrogen) atoms. The van der Waals surface area contributed by atoms with Gasteiger partial charge in [0.1, 0.15) is 5.01 Å². The molecule has 0 unspecified atom stereocenters. The van der Waals surface area contributed by atoms with Gasteiger partial charge in [0, 0.05) is 18.1 Å². The molecule has 0 saturated carbocycles. The van der Waals surface area contributed by atoms with Crippen molar-refractivity contribution >= 4 is 23.1 Å². The summed E-state index contributed by atoms with van der Waals surface area (Å²) in [5.74, 6) is 1.28. The molecule has 5 heteroatoms. The van der Waals surface area contributed by atoms with Gasteiger partial charge in [0.15, 0.2) is 0 Å². The molecule has 2 rings (SSSR count). The predicted octanol–water partition coefficient (Wildman–Crippen LogP) is 3.83. The van der Waals surface area contributed by atoms with Crippen molar-refractivity contribution in [3.8, 4) is 10.7 Å². The molecule has 0 aromatic carbocycles. The minimum Gasteiger partial charge on any atom is -0.311 e. The summed E-state index contributed by atoms with van der Waals surface area (Å²) in [6, 6.07) is 5.93. The molecule has 0 saturated heterocycles. The molecule has 0 fully saturated rings. The first-order valence-electron chi connectivity index (χ1n) is 6.95. The van der Waals surface area contributed by atoms with Crippen LogP contribution in [0.4, 0.5) is 0 Å². The van der Waals surface area contributed by atoms with Gasteiger partial charge in [-0.25, -0.2) is 4.98 Å². The maximum absolute atomic E-state index is 4.62.